The van der Waals surface area contributed by atoms with Crippen molar-refractivity contribution in [2.45, 2.75) is 116 Å². The van der Waals surface area contributed by atoms with E-state index in [1.165, 1.54) is 6.42 Å². The molecular weight excluding hydrogens is 502 g/mol. The Labute approximate surface area is 229 Å². The maximum Gasteiger partial charge on any atom is 0.222 e. The van der Waals surface area contributed by atoms with Gasteiger partial charge in [0.25, 0.3) is 0 Å². The number of carbonyl (C=O) groups is 1. The Bertz CT molecular complexity index is 1000. The number of hydrogen-bond acceptors (Lipinski definition) is 6. The molecule has 5 aliphatic rings. The van der Waals surface area contributed by atoms with Gasteiger partial charge >= 0.3 is 0 Å². The van der Waals surface area contributed by atoms with Gasteiger partial charge in [0.15, 0.2) is 0 Å². The van der Waals surface area contributed by atoms with Crippen molar-refractivity contribution in [3.8, 4) is 0 Å². The van der Waals surface area contributed by atoms with Gasteiger partial charge in [-0.15, -0.1) is 0 Å². The number of nitrogens with zero attached hydrogens (tertiary/aromatic N) is 1. The van der Waals surface area contributed by atoms with Gasteiger partial charge in [-0.1, -0.05) is 34.1 Å². The molecule has 2 N–H and O–H groups in total. The number of rotatable bonds is 6. The van der Waals surface area contributed by atoms with Crippen LogP contribution in [0.2, 0.25) is 0 Å². The quantitative estimate of drug-likeness (QED) is 0.478. The molecule has 4 saturated carbocycles. The number of amides is 1. The number of carbonyl (C=O) groups excluding carboxylic acids is 1. The summed E-state index contributed by atoms with van der Waals surface area (Å²) in [6.45, 7) is 9.82. The minimum absolute atomic E-state index is 0.0293. The third-order valence-electron chi connectivity index (χ3n) is 12.9. The van der Waals surface area contributed by atoms with Crippen molar-refractivity contribution in [2.75, 3.05) is 13.1 Å². The van der Waals surface area contributed by atoms with Gasteiger partial charge in [-0.25, -0.2) is 8.42 Å². The van der Waals surface area contributed by atoms with Crippen LogP contribution in [0.25, 0.3) is 0 Å². The van der Waals surface area contributed by atoms with Crippen molar-refractivity contribution < 1.29 is 28.0 Å². The van der Waals surface area contributed by atoms with Gasteiger partial charge in [-0.05, 0) is 110 Å². The monoisotopic (exact) mass is 552 g/mol. The zero-order valence-electron chi connectivity index (χ0n) is 23.8. The van der Waals surface area contributed by atoms with Crippen LogP contribution in [0.15, 0.2) is 0 Å². The van der Waals surface area contributed by atoms with Crippen LogP contribution in [0, 0.1) is 52.3 Å². The highest BCUT2D eigenvalue weighted by Crippen LogP contribution is 2.69. The summed E-state index contributed by atoms with van der Waals surface area (Å²) < 4.78 is 34.1. The first-order valence-corrected chi connectivity index (χ1v) is 16.9. The van der Waals surface area contributed by atoms with Gasteiger partial charge in [-0.2, -0.15) is 0 Å². The molecular formula is C30H50NO6S-. The summed E-state index contributed by atoms with van der Waals surface area (Å²) in [5.74, 6) is 2.87. The van der Waals surface area contributed by atoms with Gasteiger partial charge in [0.2, 0.25) is 5.91 Å². The third kappa shape index (κ3) is 4.67. The fourth-order valence-corrected chi connectivity index (χ4v) is 11.6. The normalized spacial score (nSPS) is 47.8. The van der Waals surface area contributed by atoms with E-state index >= 15 is 0 Å². The van der Waals surface area contributed by atoms with Crippen LogP contribution >= 0.6 is 0 Å². The summed E-state index contributed by atoms with van der Waals surface area (Å²) in [6, 6.07) is 0. The third-order valence-corrected chi connectivity index (χ3v) is 14.1. The number of hydrogen-bond donors (Lipinski definition) is 2. The lowest BCUT2D eigenvalue weighted by molar-refractivity contribution is -0.203. The highest BCUT2D eigenvalue weighted by atomic mass is 32.2. The van der Waals surface area contributed by atoms with E-state index in [4.69, 9.17) is 0 Å². The Morgan fingerprint density at radius 3 is 2.37 bits per heavy atom. The molecule has 1 heterocycles. The first-order valence-electron chi connectivity index (χ1n) is 15.4. The lowest BCUT2D eigenvalue weighted by atomic mass is 9.41. The van der Waals surface area contributed by atoms with Crippen LogP contribution in [0.4, 0.5) is 0 Å². The molecule has 7 nitrogen and oxygen atoms in total. The molecule has 38 heavy (non-hydrogen) atoms. The summed E-state index contributed by atoms with van der Waals surface area (Å²) in [5, 5.41) is 21.4. The van der Waals surface area contributed by atoms with Crippen LogP contribution in [0.3, 0.4) is 0 Å². The zero-order valence-corrected chi connectivity index (χ0v) is 24.7. The van der Waals surface area contributed by atoms with Crippen LogP contribution in [0.5, 0.6) is 0 Å². The van der Waals surface area contributed by atoms with E-state index in [2.05, 4.69) is 27.7 Å². The van der Waals surface area contributed by atoms with Crippen molar-refractivity contribution in [1.29, 1.82) is 0 Å². The van der Waals surface area contributed by atoms with Crippen LogP contribution in [-0.2, 0) is 14.9 Å². The van der Waals surface area contributed by atoms with Gasteiger partial charge in [0.05, 0.1) is 27.6 Å². The van der Waals surface area contributed by atoms with E-state index in [9.17, 15) is 28.0 Å². The predicted molar refractivity (Wildman–Crippen MR) is 145 cm³/mol. The zero-order chi connectivity index (χ0) is 27.6. The highest BCUT2D eigenvalue weighted by molar-refractivity contribution is 7.86. The Morgan fingerprint density at radius 2 is 1.71 bits per heavy atom. The smallest absolute Gasteiger partial charge is 0.222 e. The lowest BCUT2D eigenvalue weighted by Gasteiger charge is -2.64. The second-order valence-electron chi connectivity index (χ2n) is 14.4. The lowest BCUT2D eigenvalue weighted by Crippen LogP contribution is -2.62. The molecule has 0 radical (unpaired) electrons. The summed E-state index contributed by atoms with van der Waals surface area (Å²) in [5.41, 5.74) is 0.363. The summed E-state index contributed by atoms with van der Waals surface area (Å²) in [4.78, 5) is 14.4. The molecule has 0 unspecified atom stereocenters. The van der Waals surface area contributed by atoms with Crippen molar-refractivity contribution >= 4 is 16.0 Å². The standard InChI is InChI=1S/C30H51NO6S/c1-5-21-25-16-19(32)10-13-30(25,4)24-11-14-29(3)22(7-8-23(29)27(24)28(21)34)18(2)6-9-26(33)31-15-12-20(17-31)38(35,36)37/h18-25,27-28,32,34H,5-17H2,1-4H3,(H,35,36,37)/p-1/t18-,19-,20-,21-,22-,23+,24+,25+,27+,28-,29-,30-/m1/s1. The summed E-state index contributed by atoms with van der Waals surface area (Å²) in [7, 11) is -4.35. The molecule has 1 saturated heterocycles. The summed E-state index contributed by atoms with van der Waals surface area (Å²) >= 11 is 0. The van der Waals surface area contributed by atoms with E-state index in [0.29, 0.717) is 48.5 Å². The van der Waals surface area contributed by atoms with Crippen molar-refractivity contribution in [3.63, 3.8) is 0 Å². The number of aliphatic hydroxyl groups excluding tert-OH is 2. The van der Waals surface area contributed by atoms with E-state index in [1.807, 2.05) is 0 Å². The van der Waals surface area contributed by atoms with Crippen molar-refractivity contribution in [1.82, 2.24) is 4.90 Å². The molecule has 0 aromatic heterocycles. The molecule has 218 valence electrons. The second-order valence-corrected chi connectivity index (χ2v) is 16.0. The van der Waals surface area contributed by atoms with Crippen LogP contribution in [-0.4, -0.2) is 64.5 Å². The number of fused-ring (bicyclic) bond motifs is 5. The molecule has 12 atom stereocenters. The molecule has 5 fully saturated rings. The number of likely N-dealkylation sites (tertiary alicyclic amines) is 1. The Morgan fingerprint density at radius 1 is 1.03 bits per heavy atom. The maximum absolute atomic E-state index is 12.9. The molecule has 0 bridgehead atoms. The molecule has 0 aromatic carbocycles. The molecule has 0 spiro atoms. The van der Waals surface area contributed by atoms with Crippen LogP contribution in [0.1, 0.15) is 98.3 Å². The van der Waals surface area contributed by atoms with E-state index in [0.717, 1.165) is 51.4 Å². The second kappa shape index (κ2) is 10.3. The Kier molecular flexibility index (Phi) is 7.80. The maximum atomic E-state index is 12.9. The van der Waals surface area contributed by atoms with Gasteiger partial charge < -0.3 is 19.7 Å². The average molecular weight is 553 g/mol. The first-order chi connectivity index (χ1) is 17.8. The fourth-order valence-electron chi connectivity index (χ4n) is 10.8. The van der Waals surface area contributed by atoms with Gasteiger partial charge in [0.1, 0.15) is 0 Å². The molecule has 1 aliphatic heterocycles. The minimum Gasteiger partial charge on any atom is -0.748 e. The Hall–Kier alpha value is -0.700. The highest BCUT2D eigenvalue weighted by Gasteiger charge is 2.64. The molecule has 1 amide bonds. The van der Waals surface area contributed by atoms with E-state index < -0.39 is 15.4 Å². The molecule has 5 rings (SSSR count). The predicted octanol–water partition coefficient (Wildman–Crippen LogP) is 4.18. The minimum atomic E-state index is -4.35. The van der Waals surface area contributed by atoms with Crippen LogP contribution < -0.4 is 0 Å². The Balaban J connectivity index is 1.27. The van der Waals surface area contributed by atoms with E-state index in [-0.39, 0.29) is 47.8 Å². The SMILES string of the molecule is CC[C@H]1[C@@H](O)[C@@H]2[C@H](CC[C@]3(C)[C@@H]([C@H](C)CCC(=O)N4CC[C@@H](S(=O)(=O)[O-])C4)CC[C@@H]23)[C@@]2(C)CC[C@@H](O)C[C@@H]12. The van der Waals surface area contributed by atoms with Gasteiger partial charge in [0, 0.05) is 19.5 Å². The van der Waals surface area contributed by atoms with E-state index in [1.54, 1.807) is 4.90 Å². The average Bonchev–Trinajstić information content (AvgIpc) is 3.49. The largest absolute Gasteiger partial charge is 0.748 e. The first kappa shape index (κ1) is 28.8. The van der Waals surface area contributed by atoms with Crippen molar-refractivity contribution in [2.24, 2.45) is 52.3 Å². The summed E-state index contributed by atoms with van der Waals surface area (Å²) in [6.07, 6.45) is 9.27. The number of aliphatic hydroxyl groups is 2. The molecule has 8 heteroatoms. The molecule has 4 aliphatic carbocycles. The van der Waals surface area contributed by atoms with Gasteiger partial charge in [-0.3, -0.25) is 4.79 Å². The molecule has 0 aromatic rings. The topological polar surface area (TPSA) is 118 Å². The van der Waals surface area contributed by atoms with Crippen molar-refractivity contribution in [3.05, 3.63) is 0 Å². The fraction of sp³-hybridized carbons (Fsp3) is 0.967.